The van der Waals surface area contributed by atoms with E-state index in [-0.39, 0.29) is 11.3 Å². The molecule has 15 heavy (non-hydrogen) atoms. The molecule has 82 valence electrons. The maximum atomic E-state index is 9.22. The molecule has 0 N–H and O–H groups in total. The second-order valence-corrected chi connectivity index (χ2v) is 4.99. The van der Waals surface area contributed by atoms with E-state index in [2.05, 4.69) is 39.0 Å². The van der Waals surface area contributed by atoms with Crippen molar-refractivity contribution in [1.82, 2.24) is 0 Å². The molecule has 1 aliphatic rings. The molecule has 0 amide bonds. The second kappa shape index (κ2) is 4.66. The van der Waals surface area contributed by atoms with Gasteiger partial charge in [0.15, 0.2) is 0 Å². The van der Waals surface area contributed by atoms with Crippen LogP contribution in [0.1, 0.15) is 40.5 Å². The molecule has 1 aliphatic carbocycles. The Morgan fingerprint density at radius 2 is 2.33 bits per heavy atom. The van der Waals surface area contributed by atoms with Crippen LogP contribution in [0.15, 0.2) is 23.8 Å². The summed E-state index contributed by atoms with van der Waals surface area (Å²) in [6.45, 7) is 8.72. The number of nitrogens with zero attached hydrogens (tertiary/aromatic N) is 1. The van der Waals surface area contributed by atoms with Gasteiger partial charge in [-0.15, -0.1) is 0 Å². The fourth-order valence-electron chi connectivity index (χ4n) is 2.41. The van der Waals surface area contributed by atoms with Gasteiger partial charge in [-0.05, 0) is 38.0 Å². The molecule has 0 aromatic rings. The number of rotatable bonds is 3. The van der Waals surface area contributed by atoms with Gasteiger partial charge in [0.05, 0.1) is 12.0 Å². The average molecular weight is 203 g/mol. The standard InChI is InChI=1S/C14H21N/c1-5-6-7-12(10-15)13-9-8-11(2)14(13,3)4/h5-6,8,12-13H,7,9H2,1-4H3. The van der Waals surface area contributed by atoms with Crippen LogP contribution in [0.25, 0.3) is 0 Å². The largest absolute Gasteiger partial charge is 0.198 e. The van der Waals surface area contributed by atoms with Gasteiger partial charge < -0.3 is 0 Å². The Morgan fingerprint density at radius 1 is 1.67 bits per heavy atom. The summed E-state index contributed by atoms with van der Waals surface area (Å²) in [5, 5.41) is 9.22. The highest BCUT2D eigenvalue weighted by Crippen LogP contribution is 2.47. The SMILES string of the molecule is CC=CCC(C#N)C1CC=C(C)C1(C)C. The molecule has 0 aromatic heterocycles. The first-order chi connectivity index (χ1) is 7.04. The summed E-state index contributed by atoms with van der Waals surface area (Å²) in [5.41, 5.74) is 1.63. The molecule has 1 nitrogen and oxygen atoms in total. The monoisotopic (exact) mass is 203 g/mol. The fraction of sp³-hybridized carbons (Fsp3) is 0.643. The number of hydrogen-bond donors (Lipinski definition) is 0. The summed E-state index contributed by atoms with van der Waals surface area (Å²) in [7, 11) is 0. The maximum absolute atomic E-state index is 9.22. The fourth-order valence-corrected chi connectivity index (χ4v) is 2.41. The van der Waals surface area contributed by atoms with Crippen LogP contribution in [0.4, 0.5) is 0 Å². The third-order valence-corrected chi connectivity index (χ3v) is 3.90. The minimum absolute atomic E-state index is 0.157. The van der Waals surface area contributed by atoms with Crippen LogP contribution in [-0.4, -0.2) is 0 Å². The van der Waals surface area contributed by atoms with Gasteiger partial charge in [0.1, 0.15) is 0 Å². The van der Waals surface area contributed by atoms with E-state index in [4.69, 9.17) is 0 Å². The molecule has 0 saturated carbocycles. The van der Waals surface area contributed by atoms with Gasteiger partial charge >= 0.3 is 0 Å². The van der Waals surface area contributed by atoms with Crippen molar-refractivity contribution in [3.05, 3.63) is 23.8 Å². The molecule has 0 bridgehead atoms. The van der Waals surface area contributed by atoms with Crippen LogP contribution in [0.3, 0.4) is 0 Å². The van der Waals surface area contributed by atoms with Gasteiger partial charge in [-0.3, -0.25) is 0 Å². The minimum Gasteiger partial charge on any atom is -0.198 e. The molecule has 0 saturated heterocycles. The first-order valence-electron chi connectivity index (χ1n) is 5.72. The summed E-state index contributed by atoms with van der Waals surface area (Å²) in [6.07, 6.45) is 8.39. The smallest absolute Gasteiger partial charge is 0.0662 e. The normalized spacial score (nSPS) is 26.3. The summed E-state index contributed by atoms with van der Waals surface area (Å²) in [4.78, 5) is 0. The van der Waals surface area contributed by atoms with E-state index in [0.717, 1.165) is 12.8 Å². The van der Waals surface area contributed by atoms with E-state index in [9.17, 15) is 5.26 Å². The minimum atomic E-state index is 0.157. The van der Waals surface area contributed by atoms with E-state index in [1.807, 2.05) is 13.0 Å². The highest BCUT2D eigenvalue weighted by atomic mass is 14.4. The zero-order valence-electron chi connectivity index (χ0n) is 10.2. The van der Waals surface area contributed by atoms with Crippen molar-refractivity contribution in [2.45, 2.75) is 40.5 Å². The lowest BCUT2D eigenvalue weighted by molar-refractivity contribution is 0.233. The summed E-state index contributed by atoms with van der Waals surface area (Å²) in [6, 6.07) is 2.47. The van der Waals surface area contributed by atoms with Crippen LogP contribution in [0.2, 0.25) is 0 Å². The van der Waals surface area contributed by atoms with E-state index in [0.29, 0.717) is 5.92 Å². The van der Waals surface area contributed by atoms with Gasteiger partial charge in [0, 0.05) is 0 Å². The summed E-state index contributed by atoms with van der Waals surface area (Å²) in [5.74, 6) is 0.642. The van der Waals surface area contributed by atoms with E-state index < -0.39 is 0 Å². The third kappa shape index (κ3) is 2.31. The van der Waals surface area contributed by atoms with Crippen LogP contribution >= 0.6 is 0 Å². The molecule has 1 rings (SSSR count). The van der Waals surface area contributed by atoms with Crippen molar-refractivity contribution in [3.63, 3.8) is 0 Å². The quantitative estimate of drug-likeness (QED) is 0.634. The van der Waals surface area contributed by atoms with Crippen LogP contribution in [0, 0.1) is 28.6 Å². The molecule has 2 unspecified atom stereocenters. The third-order valence-electron chi connectivity index (χ3n) is 3.90. The van der Waals surface area contributed by atoms with Gasteiger partial charge in [0.2, 0.25) is 0 Å². The van der Waals surface area contributed by atoms with Crippen molar-refractivity contribution in [2.75, 3.05) is 0 Å². The summed E-state index contributed by atoms with van der Waals surface area (Å²) >= 11 is 0. The molecule has 0 aromatic carbocycles. The van der Waals surface area contributed by atoms with Crippen molar-refractivity contribution in [2.24, 2.45) is 17.3 Å². The number of allylic oxidation sites excluding steroid dienone is 4. The zero-order chi connectivity index (χ0) is 11.5. The average Bonchev–Trinajstić information content (AvgIpc) is 2.45. The Kier molecular flexibility index (Phi) is 3.74. The molecular formula is C14H21N. The summed E-state index contributed by atoms with van der Waals surface area (Å²) < 4.78 is 0. The Morgan fingerprint density at radius 3 is 2.73 bits per heavy atom. The Labute approximate surface area is 93.5 Å². The van der Waals surface area contributed by atoms with E-state index in [1.165, 1.54) is 5.57 Å². The topological polar surface area (TPSA) is 23.8 Å². The van der Waals surface area contributed by atoms with Crippen LogP contribution in [0.5, 0.6) is 0 Å². The highest BCUT2D eigenvalue weighted by molar-refractivity contribution is 5.21. The Balaban J connectivity index is 2.77. The number of hydrogen-bond acceptors (Lipinski definition) is 1. The first-order valence-corrected chi connectivity index (χ1v) is 5.72. The van der Waals surface area contributed by atoms with Crippen molar-refractivity contribution in [1.29, 1.82) is 5.26 Å². The van der Waals surface area contributed by atoms with Gasteiger partial charge in [0.25, 0.3) is 0 Å². The molecule has 0 heterocycles. The molecular weight excluding hydrogens is 182 g/mol. The molecule has 1 heteroatoms. The Hall–Kier alpha value is -1.03. The second-order valence-electron chi connectivity index (χ2n) is 4.99. The lowest BCUT2D eigenvalue weighted by Gasteiger charge is -2.32. The van der Waals surface area contributed by atoms with Crippen molar-refractivity contribution < 1.29 is 0 Å². The zero-order valence-corrected chi connectivity index (χ0v) is 10.2. The molecule has 2 atom stereocenters. The van der Waals surface area contributed by atoms with Gasteiger partial charge in [-0.25, -0.2) is 0 Å². The predicted octanol–water partition coefficient (Wildman–Crippen LogP) is 4.08. The van der Waals surface area contributed by atoms with Crippen molar-refractivity contribution in [3.8, 4) is 6.07 Å². The van der Waals surface area contributed by atoms with Crippen LogP contribution in [-0.2, 0) is 0 Å². The highest BCUT2D eigenvalue weighted by Gasteiger charge is 2.39. The van der Waals surface area contributed by atoms with Crippen molar-refractivity contribution >= 4 is 0 Å². The molecule has 0 radical (unpaired) electrons. The predicted molar refractivity (Wildman–Crippen MR) is 64.2 cm³/mol. The molecule has 0 fully saturated rings. The Bertz CT molecular complexity index is 315. The van der Waals surface area contributed by atoms with Crippen LogP contribution < -0.4 is 0 Å². The lowest BCUT2D eigenvalue weighted by atomic mass is 9.71. The van der Waals surface area contributed by atoms with Gasteiger partial charge in [-0.1, -0.05) is 37.6 Å². The molecule has 0 aliphatic heterocycles. The first kappa shape index (κ1) is 12.0. The van der Waals surface area contributed by atoms with Gasteiger partial charge in [-0.2, -0.15) is 5.26 Å². The lowest BCUT2D eigenvalue weighted by Crippen LogP contribution is -2.26. The van der Waals surface area contributed by atoms with E-state index in [1.54, 1.807) is 0 Å². The molecule has 0 spiro atoms. The number of nitriles is 1. The maximum Gasteiger partial charge on any atom is 0.0662 e. The van der Waals surface area contributed by atoms with E-state index >= 15 is 0 Å².